The number of aliphatic imine (C=N–C) groups is 2. The molecule has 4 heteroatoms. The average Bonchev–Trinajstić information content (AvgIpc) is 2.65. The average molecular weight is 354 g/mol. The molecule has 0 aliphatic carbocycles. The van der Waals surface area contributed by atoms with Crippen LogP contribution in [-0.4, -0.2) is 31.3 Å². The second-order valence-electron chi connectivity index (χ2n) is 6.36. The molecule has 0 amide bonds. The third-order valence-electron chi connectivity index (χ3n) is 4.28. The van der Waals surface area contributed by atoms with Crippen LogP contribution in [0.2, 0.25) is 0 Å². The van der Waals surface area contributed by atoms with E-state index in [0.29, 0.717) is 5.56 Å². The molecule has 0 fully saturated rings. The third-order valence-corrected chi connectivity index (χ3v) is 4.28. The summed E-state index contributed by atoms with van der Waals surface area (Å²) in [6.07, 6.45) is 5.39. The summed E-state index contributed by atoms with van der Waals surface area (Å²) in [6, 6.07) is 7.93. The Hall–Kier alpha value is -2.49. The number of aldehydes is 1. The van der Waals surface area contributed by atoms with Crippen LogP contribution in [0.3, 0.4) is 0 Å². The highest BCUT2D eigenvalue weighted by Gasteiger charge is 2.16. The Kier molecular flexibility index (Phi) is 9.27. The van der Waals surface area contributed by atoms with Gasteiger partial charge in [0, 0.05) is 36.0 Å². The lowest BCUT2D eigenvalue weighted by molar-refractivity contribution is 0.112. The van der Waals surface area contributed by atoms with Gasteiger partial charge in [0.25, 0.3) is 0 Å². The maximum atomic E-state index is 10.9. The molecule has 0 heterocycles. The Balaban J connectivity index is 2.87. The minimum absolute atomic E-state index is 0.120. The number of hydrogen-bond donors (Lipinski definition) is 1. The maximum absolute atomic E-state index is 10.9. The molecule has 1 unspecified atom stereocenters. The number of rotatable bonds is 11. The Labute approximate surface area is 157 Å². The van der Waals surface area contributed by atoms with Gasteiger partial charge in [-0.25, -0.2) is 0 Å². The number of carbonyl (C=O) groups is 1. The van der Waals surface area contributed by atoms with Gasteiger partial charge in [-0.1, -0.05) is 50.8 Å². The molecule has 140 valence electrons. The molecular formula is C22H31N3O. The van der Waals surface area contributed by atoms with Crippen LogP contribution in [0, 0.1) is 0 Å². The quantitative estimate of drug-likeness (QED) is 0.348. The van der Waals surface area contributed by atoms with Crippen LogP contribution in [0.4, 0.5) is 0 Å². The number of hydrogen-bond acceptors (Lipinski definition) is 4. The zero-order valence-electron chi connectivity index (χ0n) is 16.5. The van der Waals surface area contributed by atoms with Crippen molar-refractivity contribution in [3.05, 3.63) is 59.8 Å². The monoisotopic (exact) mass is 353 g/mol. The van der Waals surface area contributed by atoms with Gasteiger partial charge in [0.05, 0.1) is 12.1 Å². The van der Waals surface area contributed by atoms with Crippen molar-refractivity contribution in [1.29, 1.82) is 0 Å². The predicted molar refractivity (Wildman–Crippen MR) is 112 cm³/mol. The number of nitrogens with one attached hydrogen (secondary N) is 1. The summed E-state index contributed by atoms with van der Waals surface area (Å²) in [4.78, 5) is 19.6. The fourth-order valence-corrected chi connectivity index (χ4v) is 2.83. The largest absolute Gasteiger partial charge is 0.378 e. The lowest BCUT2D eigenvalue weighted by Gasteiger charge is -2.23. The summed E-state index contributed by atoms with van der Waals surface area (Å²) in [5.41, 5.74) is 4.31. The van der Waals surface area contributed by atoms with Gasteiger partial charge in [-0.2, -0.15) is 0 Å². The molecule has 2 atom stereocenters. The molecule has 0 aliphatic heterocycles. The fraction of sp³-hybridized carbons (Fsp3) is 0.409. The zero-order chi connectivity index (χ0) is 19.5. The second kappa shape index (κ2) is 11.2. The second-order valence-corrected chi connectivity index (χ2v) is 6.36. The number of nitrogens with zero attached hydrogens (tertiary/aromatic N) is 2. The van der Waals surface area contributed by atoms with Crippen LogP contribution < -0.4 is 5.32 Å². The maximum Gasteiger partial charge on any atom is 0.150 e. The third kappa shape index (κ3) is 6.43. The zero-order valence-corrected chi connectivity index (χ0v) is 16.5. The molecule has 0 saturated carbocycles. The highest BCUT2D eigenvalue weighted by molar-refractivity contribution is 6.03. The van der Waals surface area contributed by atoms with E-state index in [2.05, 4.69) is 42.3 Å². The molecule has 0 bridgehead atoms. The molecule has 0 saturated heterocycles. The molecule has 1 N–H and O–H groups in total. The van der Waals surface area contributed by atoms with Crippen molar-refractivity contribution >= 4 is 18.2 Å². The first-order chi connectivity index (χ1) is 12.5. The Morgan fingerprint density at radius 1 is 1.27 bits per heavy atom. The Morgan fingerprint density at radius 2 is 1.92 bits per heavy atom. The molecule has 0 aromatic heterocycles. The van der Waals surface area contributed by atoms with Crippen LogP contribution in [-0.2, 0) is 0 Å². The van der Waals surface area contributed by atoms with Crippen LogP contribution >= 0.6 is 0 Å². The number of allylic oxidation sites excluding steroid dienone is 1. The van der Waals surface area contributed by atoms with Crippen molar-refractivity contribution in [1.82, 2.24) is 5.32 Å². The summed E-state index contributed by atoms with van der Waals surface area (Å²) in [5.74, 6) is 0. The first-order valence-corrected chi connectivity index (χ1v) is 9.10. The highest BCUT2D eigenvalue weighted by Crippen LogP contribution is 2.22. The molecule has 1 rings (SSSR count). The van der Waals surface area contributed by atoms with Gasteiger partial charge < -0.3 is 5.32 Å². The van der Waals surface area contributed by atoms with Crippen molar-refractivity contribution in [3.63, 3.8) is 0 Å². The summed E-state index contributed by atoms with van der Waals surface area (Å²) in [5, 5.41) is 3.49. The van der Waals surface area contributed by atoms with Gasteiger partial charge in [-0.15, -0.1) is 0 Å². The van der Waals surface area contributed by atoms with E-state index in [1.54, 1.807) is 7.05 Å². The fourth-order valence-electron chi connectivity index (χ4n) is 2.83. The summed E-state index contributed by atoms with van der Waals surface area (Å²) in [6.45, 7) is 14.5. The van der Waals surface area contributed by atoms with Gasteiger partial charge in [0.1, 0.15) is 6.29 Å². The molecular weight excluding hydrogens is 322 g/mol. The van der Waals surface area contributed by atoms with E-state index in [0.717, 1.165) is 48.1 Å². The van der Waals surface area contributed by atoms with E-state index in [1.165, 1.54) is 0 Å². The normalized spacial score (nSPS) is 14.1. The summed E-state index contributed by atoms with van der Waals surface area (Å²) >= 11 is 0. The topological polar surface area (TPSA) is 53.8 Å². The molecule has 0 spiro atoms. The minimum Gasteiger partial charge on any atom is -0.378 e. The highest BCUT2D eigenvalue weighted by atomic mass is 16.1. The number of benzene rings is 1. The SMILES string of the molecule is C=C(N[C@@H](CCC)c1ccc(C=O)cc1)C(=C)C(CC(C)N=CC)=NC. The molecule has 26 heavy (non-hydrogen) atoms. The molecule has 4 nitrogen and oxygen atoms in total. The van der Waals surface area contributed by atoms with Crippen molar-refractivity contribution in [2.45, 2.75) is 52.1 Å². The first-order valence-electron chi connectivity index (χ1n) is 9.10. The van der Waals surface area contributed by atoms with Crippen molar-refractivity contribution in [3.8, 4) is 0 Å². The number of carbonyl (C=O) groups excluding carboxylic acids is 1. The Bertz CT molecular complexity index is 671. The van der Waals surface area contributed by atoms with Crippen molar-refractivity contribution < 1.29 is 4.79 Å². The molecule has 0 radical (unpaired) electrons. The predicted octanol–water partition coefficient (Wildman–Crippen LogP) is 4.94. The lowest BCUT2D eigenvalue weighted by Crippen LogP contribution is -2.24. The van der Waals surface area contributed by atoms with Gasteiger partial charge in [0.15, 0.2) is 0 Å². The van der Waals surface area contributed by atoms with Crippen LogP contribution in [0.5, 0.6) is 0 Å². The van der Waals surface area contributed by atoms with Gasteiger partial charge in [-0.3, -0.25) is 14.8 Å². The minimum atomic E-state index is 0.120. The van der Waals surface area contributed by atoms with Crippen LogP contribution in [0.15, 0.2) is 58.7 Å². The smallest absolute Gasteiger partial charge is 0.150 e. The standard InChI is InChI=1S/C22H31N3O/c1-7-9-21(20-12-10-19(15-26)11-13-20)25-18(5)17(4)22(23-6)14-16(3)24-8-2/h8,10-13,15-16,21,25H,4-5,7,9,14H2,1-3,6H3/t16?,21-/m0/s1. The van der Waals surface area contributed by atoms with E-state index in [-0.39, 0.29) is 12.1 Å². The van der Waals surface area contributed by atoms with Crippen LogP contribution in [0.25, 0.3) is 0 Å². The van der Waals surface area contributed by atoms with E-state index >= 15 is 0 Å². The van der Waals surface area contributed by atoms with Crippen molar-refractivity contribution in [2.24, 2.45) is 9.98 Å². The van der Waals surface area contributed by atoms with Gasteiger partial charge >= 0.3 is 0 Å². The summed E-state index contributed by atoms with van der Waals surface area (Å²) in [7, 11) is 1.78. The van der Waals surface area contributed by atoms with Crippen LogP contribution in [0.1, 0.15) is 62.0 Å². The molecule has 1 aromatic carbocycles. The lowest BCUT2D eigenvalue weighted by atomic mass is 9.98. The van der Waals surface area contributed by atoms with E-state index in [1.807, 2.05) is 37.4 Å². The van der Waals surface area contributed by atoms with Gasteiger partial charge in [0.2, 0.25) is 0 Å². The first kappa shape index (κ1) is 21.6. The Morgan fingerprint density at radius 3 is 2.42 bits per heavy atom. The summed E-state index contributed by atoms with van der Waals surface area (Å²) < 4.78 is 0. The van der Waals surface area contributed by atoms with Gasteiger partial charge in [-0.05, 0) is 32.0 Å². The van der Waals surface area contributed by atoms with E-state index < -0.39 is 0 Å². The van der Waals surface area contributed by atoms with E-state index in [9.17, 15) is 4.79 Å². The molecule has 1 aromatic rings. The van der Waals surface area contributed by atoms with E-state index in [4.69, 9.17) is 0 Å². The van der Waals surface area contributed by atoms with Crippen molar-refractivity contribution in [2.75, 3.05) is 7.05 Å². The molecule has 0 aliphatic rings.